The molecule has 0 aliphatic heterocycles. The van der Waals surface area contributed by atoms with E-state index in [1.54, 1.807) is 13.3 Å². The van der Waals surface area contributed by atoms with Crippen molar-refractivity contribution in [1.29, 1.82) is 0 Å². The van der Waals surface area contributed by atoms with Gasteiger partial charge in [-0.05, 0) is 44.0 Å². The van der Waals surface area contributed by atoms with Gasteiger partial charge in [0.1, 0.15) is 5.75 Å². The van der Waals surface area contributed by atoms with Gasteiger partial charge in [0.15, 0.2) is 5.82 Å². The van der Waals surface area contributed by atoms with Gasteiger partial charge in [0.2, 0.25) is 0 Å². The number of hydrogen-bond donors (Lipinski definition) is 1. The van der Waals surface area contributed by atoms with Crippen LogP contribution in [-0.4, -0.2) is 29.0 Å². The van der Waals surface area contributed by atoms with E-state index in [1.165, 1.54) is 0 Å². The summed E-state index contributed by atoms with van der Waals surface area (Å²) >= 11 is 0. The van der Waals surface area contributed by atoms with Crippen LogP contribution in [0.4, 0.5) is 0 Å². The number of methoxy groups -OCH3 is 1. The number of nitrogens with one attached hydrogen (secondary N) is 1. The van der Waals surface area contributed by atoms with E-state index in [4.69, 9.17) is 4.74 Å². The predicted molar refractivity (Wildman–Crippen MR) is 79.2 cm³/mol. The Hall–Kier alpha value is -2.43. The first-order chi connectivity index (χ1) is 10.2. The standard InChI is InChI=1S/C16H17N3O2/c1-10-14(16(20)19-12-5-6-12)9-17-15(18-10)11-3-7-13(21-2)8-4-11/h3-4,7-9,12H,5-6H2,1-2H3,(H,19,20). The van der Waals surface area contributed by atoms with Crippen LogP contribution in [0.2, 0.25) is 0 Å². The maximum Gasteiger partial charge on any atom is 0.254 e. The molecule has 1 saturated carbocycles. The first kappa shape index (κ1) is 13.5. The Labute approximate surface area is 123 Å². The summed E-state index contributed by atoms with van der Waals surface area (Å²) in [6, 6.07) is 7.86. The van der Waals surface area contributed by atoms with Crippen molar-refractivity contribution in [3.05, 3.63) is 41.7 Å². The molecule has 0 atom stereocenters. The van der Waals surface area contributed by atoms with Crippen molar-refractivity contribution >= 4 is 5.91 Å². The summed E-state index contributed by atoms with van der Waals surface area (Å²) in [7, 11) is 1.63. The first-order valence-corrected chi connectivity index (χ1v) is 6.96. The number of amides is 1. The van der Waals surface area contributed by atoms with Crippen LogP contribution in [0.3, 0.4) is 0 Å². The van der Waals surface area contributed by atoms with Gasteiger partial charge in [0.05, 0.1) is 18.4 Å². The summed E-state index contributed by atoms with van der Waals surface area (Å²) in [6.07, 6.45) is 3.73. The molecular formula is C16H17N3O2. The van der Waals surface area contributed by atoms with Crippen molar-refractivity contribution in [2.45, 2.75) is 25.8 Å². The first-order valence-electron chi connectivity index (χ1n) is 6.96. The Kier molecular flexibility index (Phi) is 3.56. The lowest BCUT2D eigenvalue weighted by molar-refractivity contribution is 0.0949. The molecule has 1 heterocycles. The lowest BCUT2D eigenvalue weighted by atomic mass is 10.1. The van der Waals surface area contributed by atoms with Crippen LogP contribution in [-0.2, 0) is 0 Å². The summed E-state index contributed by atoms with van der Waals surface area (Å²) in [5.41, 5.74) is 2.13. The average Bonchev–Trinajstić information content (AvgIpc) is 3.31. The molecule has 1 amide bonds. The third kappa shape index (κ3) is 3.02. The molecule has 1 aromatic heterocycles. The van der Waals surface area contributed by atoms with Crippen LogP contribution in [0.1, 0.15) is 28.9 Å². The number of nitrogens with zero attached hydrogens (tertiary/aromatic N) is 2. The van der Waals surface area contributed by atoms with Crippen molar-refractivity contribution in [2.24, 2.45) is 0 Å². The molecule has 2 aromatic rings. The SMILES string of the molecule is COc1ccc(-c2ncc(C(=O)NC3CC3)c(C)n2)cc1. The van der Waals surface area contributed by atoms with Crippen molar-refractivity contribution in [3.63, 3.8) is 0 Å². The Morgan fingerprint density at radius 2 is 2.00 bits per heavy atom. The number of aromatic nitrogens is 2. The molecule has 1 aliphatic rings. The summed E-state index contributed by atoms with van der Waals surface area (Å²) in [5.74, 6) is 1.31. The number of aryl methyl sites for hydroxylation is 1. The van der Waals surface area contributed by atoms with Gasteiger partial charge < -0.3 is 10.1 Å². The van der Waals surface area contributed by atoms with Gasteiger partial charge >= 0.3 is 0 Å². The van der Waals surface area contributed by atoms with E-state index in [9.17, 15) is 4.79 Å². The number of carbonyl (C=O) groups is 1. The molecule has 1 aliphatic carbocycles. The highest BCUT2D eigenvalue weighted by molar-refractivity contribution is 5.95. The van der Waals surface area contributed by atoms with Crippen molar-refractivity contribution in [1.82, 2.24) is 15.3 Å². The van der Waals surface area contributed by atoms with E-state index in [0.29, 0.717) is 23.1 Å². The van der Waals surface area contributed by atoms with Crippen LogP contribution in [0.5, 0.6) is 5.75 Å². The minimum Gasteiger partial charge on any atom is -0.497 e. The van der Waals surface area contributed by atoms with Gasteiger partial charge in [0.25, 0.3) is 5.91 Å². The maximum absolute atomic E-state index is 12.0. The summed E-state index contributed by atoms with van der Waals surface area (Å²) in [4.78, 5) is 20.8. The Balaban J connectivity index is 1.83. The smallest absolute Gasteiger partial charge is 0.254 e. The largest absolute Gasteiger partial charge is 0.497 e. The number of benzene rings is 1. The molecule has 0 radical (unpaired) electrons. The van der Waals surface area contributed by atoms with Crippen molar-refractivity contribution in [2.75, 3.05) is 7.11 Å². The third-order valence-electron chi connectivity index (χ3n) is 3.48. The van der Waals surface area contributed by atoms with E-state index in [0.717, 1.165) is 24.2 Å². The minimum atomic E-state index is -0.0868. The Morgan fingerprint density at radius 3 is 2.57 bits per heavy atom. The second-order valence-corrected chi connectivity index (χ2v) is 5.17. The lowest BCUT2D eigenvalue weighted by Gasteiger charge is -2.08. The van der Waals surface area contributed by atoms with E-state index in [2.05, 4.69) is 15.3 Å². The quantitative estimate of drug-likeness (QED) is 0.935. The molecule has 21 heavy (non-hydrogen) atoms. The molecule has 5 heteroatoms. The highest BCUT2D eigenvalue weighted by atomic mass is 16.5. The molecule has 5 nitrogen and oxygen atoms in total. The van der Waals surface area contributed by atoms with Gasteiger partial charge in [-0.2, -0.15) is 0 Å². The van der Waals surface area contributed by atoms with Gasteiger partial charge in [-0.25, -0.2) is 9.97 Å². The number of carbonyl (C=O) groups excluding carboxylic acids is 1. The normalized spacial score (nSPS) is 13.8. The summed E-state index contributed by atoms with van der Waals surface area (Å²) in [5, 5.41) is 2.95. The molecule has 0 saturated heterocycles. The van der Waals surface area contributed by atoms with Gasteiger partial charge in [-0.1, -0.05) is 0 Å². The Bertz CT molecular complexity index is 664. The van der Waals surface area contributed by atoms with Gasteiger partial charge in [0, 0.05) is 17.8 Å². The van der Waals surface area contributed by atoms with E-state index in [-0.39, 0.29) is 5.91 Å². The second-order valence-electron chi connectivity index (χ2n) is 5.17. The molecule has 3 rings (SSSR count). The lowest BCUT2D eigenvalue weighted by Crippen LogP contribution is -2.26. The molecule has 1 aromatic carbocycles. The van der Waals surface area contributed by atoms with Crippen molar-refractivity contribution in [3.8, 4) is 17.1 Å². The molecular weight excluding hydrogens is 266 g/mol. The number of rotatable bonds is 4. The van der Waals surface area contributed by atoms with Crippen LogP contribution in [0.15, 0.2) is 30.5 Å². The third-order valence-corrected chi connectivity index (χ3v) is 3.48. The van der Waals surface area contributed by atoms with Crippen LogP contribution < -0.4 is 10.1 Å². The van der Waals surface area contributed by atoms with E-state index < -0.39 is 0 Å². The average molecular weight is 283 g/mol. The maximum atomic E-state index is 12.0. The summed E-state index contributed by atoms with van der Waals surface area (Å²) < 4.78 is 5.13. The van der Waals surface area contributed by atoms with Crippen LogP contribution in [0.25, 0.3) is 11.4 Å². The highest BCUT2D eigenvalue weighted by Gasteiger charge is 2.24. The fraction of sp³-hybridized carbons (Fsp3) is 0.312. The fourth-order valence-corrected chi connectivity index (χ4v) is 2.06. The molecule has 1 fully saturated rings. The molecule has 108 valence electrons. The highest BCUT2D eigenvalue weighted by Crippen LogP contribution is 2.21. The number of hydrogen-bond acceptors (Lipinski definition) is 4. The molecule has 0 bridgehead atoms. The van der Waals surface area contributed by atoms with E-state index >= 15 is 0 Å². The molecule has 0 spiro atoms. The van der Waals surface area contributed by atoms with Gasteiger partial charge in [-0.3, -0.25) is 4.79 Å². The molecule has 0 unspecified atom stereocenters. The monoisotopic (exact) mass is 283 g/mol. The zero-order valence-electron chi connectivity index (χ0n) is 12.1. The second kappa shape index (κ2) is 5.52. The topological polar surface area (TPSA) is 64.1 Å². The summed E-state index contributed by atoms with van der Waals surface area (Å²) in [6.45, 7) is 1.83. The zero-order valence-corrected chi connectivity index (χ0v) is 12.1. The van der Waals surface area contributed by atoms with Crippen LogP contribution in [0, 0.1) is 6.92 Å². The van der Waals surface area contributed by atoms with Crippen molar-refractivity contribution < 1.29 is 9.53 Å². The minimum absolute atomic E-state index is 0.0868. The van der Waals surface area contributed by atoms with Crippen LogP contribution >= 0.6 is 0 Å². The molecule has 1 N–H and O–H groups in total. The fourth-order valence-electron chi connectivity index (χ4n) is 2.06. The zero-order chi connectivity index (χ0) is 14.8. The number of ether oxygens (including phenoxy) is 1. The predicted octanol–water partition coefficient (Wildman–Crippen LogP) is 2.35. The van der Waals surface area contributed by atoms with E-state index in [1.807, 2.05) is 31.2 Å². The van der Waals surface area contributed by atoms with Gasteiger partial charge in [-0.15, -0.1) is 0 Å². The Morgan fingerprint density at radius 1 is 1.29 bits per heavy atom.